The molecule has 0 aromatic carbocycles. The van der Waals surface area contributed by atoms with Crippen molar-refractivity contribution in [2.24, 2.45) is 0 Å². The summed E-state index contributed by atoms with van der Waals surface area (Å²) in [5.41, 5.74) is 0.696. The number of likely N-dealkylation sites (N-methyl/N-ethyl adjacent to an activating group) is 1. The average Bonchev–Trinajstić information content (AvgIpc) is 3.10. The first-order chi connectivity index (χ1) is 14.3. The number of anilines is 1. The molecule has 3 rings (SSSR count). The van der Waals surface area contributed by atoms with Crippen molar-refractivity contribution in [3.8, 4) is 0 Å². The first-order valence-electron chi connectivity index (χ1n) is 10.8. The van der Waals surface area contributed by atoms with Crippen LogP contribution in [0.15, 0.2) is 6.07 Å². The number of ether oxygens (including phenoxy) is 1. The molecule has 2 saturated heterocycles. The zero-order valence-corrected chi connectivity index (χ0v) is 19.8. The second kappa shape index (κ2) is 10.4. The fourth-order valence-electron chi connectivity index (χ4n) is 4.32. The van der Waals surface area contributed by atoms with Crippen molar-refractivity contribution in [1.29, 1.82) is 0 Å². The van der Waals surface area contributed by atoms with Gasteiger partial charge in [-0.05, 0) is 58.2 Å². The van der Waals surface area contributed by atoms with E-state index in [1.54, 1.807) is 15.6 Å². The minimum absolute atomic E-state index is 0.142. The highest BCUT2D eigenvalue weighted by atomic mass is 32.2. The Labute approximate surface area is 184 Å². The molecule has 8 nitrogen and oxygen atoms in total. The SMILES string of the molecule is CCc1cc(NC(=O)NS(=O)(=O)N(C2CCOCC2)C2CCCN(C)C2)c(CC)s1. The van der Waals surface area contributed by atoms with E-state index in [1.165, 1.54) is 4.88 Å². The van der Waals surface area contributed by atoms with Gasteiger partial charge in [-0.3, -0.25) is 0 Å². The summed E-state index contributed by atoms with van der Waals surface area (Å²) in [6.45, 7) is 6.80. The predicted molar refractivity (Wildman–Crippen MR) is 120 cm³/mol. The molecule has 1 aromatic rings. The fraction of sp³-hybridized carbons (Fsp3) is 0.750. The van der Waals surface area contributed by atoms with Crippen LogP contribution in [0.25, 0.3) is 0 Å². The minimum atomic E-state index is -3.99. The van der Waals surface area contributed by atoms with Crippen molar-refractivity contribution in [3.05, 3.63) is 15.8 Å². The molecule has 2 amide bonds. The van der Waals surface area contributed by atoms with Crippen molar-refractivity contribution in [2.45, 2.75) is 64.5 Å². The topological polar surface area (TPSA) is 91.0 Å². The number of urea groups is 1. The van der Waals surface area contributed by atoms with Crippen LogP contribution >= 0.6 is 11.3 Å². The smallest absolute Gasteiger partial charge is 0.333 e. The monoisotopic (exact) mass is 458 g/mol. The van der Waals surface area contributed by atoms with E-state index in [4.69, 9.17) is 4.74 Å². The van der Waals surface area contributed by atoms with Crippen LogP contribution < -0.4 is 10.0 Å². The number of nitrogens with zero attached hydrogens (tertiary/aromatic N) is 2. The molecule has 2 aliphatic heterocycles. The molecular formula is C20H34N4O4S2. The largest absolute Gasteiger partial charge is 0.381 e. The van der Waals surface area contributed by atoms with E-state index < -0.39 is 16.2 Å². The third-order valence-corrected chi connectivity index (χ3v) is 8.81. The van der Waals surface area contributed by atoms with Crippen LogP contribution in [0.2, 0.25) is 0 Å². The van der Waals surface area contributed by atoms with Gasteiger partial charge in [-0.25, -0.2) is 9.52 Å². The molecule has 0 spiro atoms. The predicted octanol–water partition coefficient (Wildman–Crippen LogP) is 2.81. The summed E-state index contributed by atoms with van der Waals surface area (Å²) >= 11 is 1.65. The van der Waals surface area contributed by atoms with Crippen LogP contribution in [0.3, 0.4) is 0 Å². The van der Waals surface area contributed by atoms with Gasteiger partial charge in [0.1, 0.15) is 0 Å². The Bertz CT molecular complexity index is 821. The number of rotatable bonds is 7. The minimum Gasteiger partial charge on any atom is -0.381 e. The van der Waals surface area contributed by atoms with Crippen molar-refractivity contribution in [3.63, 3.8) is 0 Å². The molecule has 1 unspecified atom stereocenters. The summed E-state index contributed by atoms with van der Waals surface area (Å²) in [6.07, 6.45) is 4.70. The molecule has 3 heterocycles. The van der Waals surface area contributed by atoms with E-state index in [0.29, 0.717) is 38.3 Å². The summed E-state index contributed by atoms with van der Waals surface area (Å²) < 4.78 is 36.0. The van der Waals surface area contributed by atoms with Crippen LogP contribution in [0, 0.1) is 0 Å². The number of aryl methyl sites for hydroxylation is 2. The number of thiophene rings is 1. The molecular weight excluding hydrogens is 424 g/mol. The van der Waals surface area contributed by atoms with E-state index >= 15 is 0 Å². The fourth-order valence-corrected chi connectivity index (χ4v) is 6.88. The molecule has 2 N–H and O–H groups in total. The maximum Gasteiger partial charge on any atom is 0.333 e. The first-order valence-corrected chi connectivity index (χ1v) is 13.1. The van der Waals surface area contributed by atoms with Gasteiger partial charge in [0.25, 0.3) is 0 Å². The summed E-state index contributed by atoms with van der Waals surface area (Å²) in [7, 11) is -1.98. The van der Waals surface area contributed by atoms with Crippen molar-refractivity contribution < 1.29 is 17.9 Å². The standard InChI is InChI=1S/C20H34N4O4S2/c1-4-17-13-18(19(5-2)29-17)21-20(25)22-30(26,27)24(15-8-11-28-12-9-15)16-7-6-10-23(3)14-16/h13,15-16H,4-12,14H2,1-3H3,(H2,21,22,25). The molecule has 30 heavy (non-hydrogen) atoms. The Morgan fingerprint density at radius 1 is 1.23 bits per heavy atom. The lowest BCUT2D eigenvalue weighted by Gasteiger charge is -2.42. The summed E-state index contributed by atoms with van der Waals surface area (Å²) in [5.74, 6) is 0. The van der Waals surface area contributed by atoms with Crippen LogP contribution in [-0.4, -0.2) is 69.1 Å². The molecule has 2 fully saturated rings. The number of piperidine rings is 1. The van der Waals surface area contributed by atoms with Gasteiger partial charge >= 0.3 is 16.2 Å². The molecule has 170 valence electrons. The number of carbonyl (C=O) groups is 1. The normalized spacial score (nSPS) is 21.7. The summed E-state index contributed by atoms with van der Waals surface area (Å²) in [6, 6.07) is 0.935. The maximum atomic E-state index is 13.3. The lowest BCUT2D eigenvalue weighted by molar-refractivity contribution is 0.0389. The second-order valence-electron chi connectivity index (χ2n) is 8.05. The quantitative estimate of drug-likeness (QED) is 0.656. The number of nitrogens with one attached hydrogen (secondary N) is 2. The van der Waals surface area contributed by atoms with E-state index in [-0.39, 0.29) is 12.1 Å². The molecule has 0 bridgehead atoms. The molecule has 0 radical (unpaired) electrons. The van der Waals surface area contributed by atoms with Crippen LogP contribution in [0.4, 0.5) is 10.5 Å². The zero-order valence-electron chi connectivity index (χ0n) is 18.1. The van der Waals surface area contributed by atoms with E-state index in [2.05, 4.69) is 21.9 Å². The first kappa shape index (κ1) is 23.5. The third-order valence-electron chi connectivity index (χ3n) is 5.79. The summed E-state index contributed by atoms with van der Waals surface area (Å²) in [5, 5.41) is 2.76. The van der Waals surface area contributed by atoms with Gasteiger partial charge in [-0.15, -0.1) is 11.3 Å². The lowest BCUT2D eigenvalue weighted by Crippen LogP contribution is -2.58. The Kier molecular flexibility index (Phi) is 8.14. The lowest BCUT2D eigenvalue weighted by atomic mass is 10.0. The highest BCUT2D eigenvalue weighted by molar-refractivity contribution is 7.87. The molecule has 1 aromatic heterocycles. The number of hydrogen-bond donors (Lipinski definition) is 2. The van der Waals surface area contributed by atoms with E-state index in [0.717, 1.165) is 37.1 Å². The van der Waals surface area contributed by atoms with E-state index in [1.807, 2.05) is 20.0 Å². The van der Waals surface area contributed by atoms with Gasteiger partial charge in [0, 0.05) is 41.6 Å². The molecule has 1 atom stereocenters. The third kappa shape index (κ3) is 5.73. The highest BCUT2D eigenvalue weighted by Gasteiger charge is 2.39. The van der Waals surface area contributed by atoms with Crippen LogP contribution in [0.1, 0.15) is 49.3 Å². The number of amides is 2. The van der Waals surface area contributed by atoms with Gasteiger partial charge in [-0.1, -0.05) is 13.8 Å². The Balaban J connectivity index is 1.76. The molecule has 0 aliphatic carbocycles. The van der Waals surface area contributed by atoms with Crippen molar-refractivity contribution >= 4 is 33.3 Å². The van der Waals surface area contributed by atoms with Crippen LogP contribution in [0.5, 0.6) is 0 Å². The number of likely N-dealkylation sites (tertiary alicyclic amines) is 1. The molecule has 2 aliphatic rings. The van der Waals surface area contributed by atoms with Gasteiger partial charge in [0.2, 0.25) is 0 Å². The maximum absolute atomic E-state index is 13.3. The van der Waals surface area contributed by atoms with Crippen molar-refractivity contribution in [2.75, 3.05) is 38.7 Å². The number of hydrogen-bond acceptors (Lipinski definition) is 6. The molecule has 10 heteroatoms. The summed E-state index contributed by atoms with van der Waals surface area (Å²) in [4.78, 5) is 17.0. The Hall–Kier alpha value is -1.20. The average molecular weight is 459 g/mol. The van der Waals surface area contributed by atoms with Gasteiger partial charge < -0.3 is 15.0 Å². The second-order valence-corrected chi connectivity index (χ2v) is 10.8. The van der Waals surface area contributed by atoms with E-state index in [9.17, 15) is 13.2 Å². The Morgan fingerprint density at radius 3 is 2.60 bits per heavy atom. The Morgan fingerprint density at radius 2 is 1.97 bits per heavy atom. The van der Waals surface area contributed by atoms with Gasteiger partial charge in [-0.2, -0.15) is 12.7 Å². The zero-order chi connectivity index (χ0) is 21.7. The number of carbonyl (C=O) groups excluding carboxylic acids is 1. The molecule has 0 saturated carbocycles. The van der Waals surface area contributed by atoms with Gasteiger partial charge in [0.05, 0.1) is 5.69 Å². The highest BCUT2D eigenvalue weighted by Crippen LogP contribution is 2.29. The van der Waals surface area contributed by atoms with Gasteiger partial charge in [0.15, 0.2) is 0 Å². The van der Waals surface area contributed by atoms with Crippen molar-refractivity contribution in [1.82, 2.24) is 13.9 Å². The van der Waals surface area contributed by atoms with Crippen LogP contribution in [-0.2, 0) is 27.8 Å².